The molecule has 0 aliphatic carbocycles. The molecule has 0 fully saturated rings. The number of ether oxygens (including phenoxy) is 1. The van der Waals surface area contributed by atoms with Crippen molar-refractivity contribution in [2.24, 2.45) is 0 Å². The Morgan fingerprint density at radius 2 is 2.04 bits per heavy atom. The van der Waals surface area contributed by atoms with Gasteiger partial charge in [0.05, 0.1) is 12.6 Å². The maximum Gasteiger partial charge on any atom is 0.220 e. The zero-order valence-electron chi connectivity index (χ0n) is 13.8. The second-order valence-corrected chi connectivity index (χ2v) is 6.23. The van der Waals surface area contributed by atoms with Crippen molar-refractivity contribution in [3.8, 4) is 5.75 Å². The normalized spacial score (nSPS) is 16.3. The number of aryl methyl sites for hydroxylation is 3. The summed E-state index contributed by atoms with van der Waals surface area (Å²) < 4.78 is 5.64. The summed E-state index contributed by atoms with van der Waals surface area (Å²) in [6, 6.07) is 14.4. The van der Waals surface area contributed by atoms with E-state index >= 15 is 0 Å². The number of amides is 1. The van der Waals surface area contributed by atoms with Crippen molar-refractivity contribution in [1.29, 1.82) is 0 Å². The van der Waals surface area contributed by atoms with Gasteiger partial charge in [0.1, 0.15) is 5.75 Å². The molecule has 2 aromatic rings. The van der Waals surface area contributed by atoms with E-state index in [9.17, 15) is 4.79 Å². The van der Waals surface area contributed by atoms with Crippen LogP contribution in [0.3, 0.4) is 0 Å². The van der Waals surface area contributed by atoms with Crippen molar-refractivity contribution >= 4 is 5.91 Å². The largest absolute Gasteiger partial charge is 0.493 e. The minimum Gasteiger partial charge on any atom is -0.493 e. The zero-order valence-corrected chi connectivity index (χ0v) is 13.8. The lowest BCUT2D eigenvalue weighted by atomic mass is 9.99. The number of rotatable bonds is 4. The fourth-order valence-electron chi connectivity index (χ4n) is 3.13. The van der Waals surface area contributed by atoms with Crippen LogP contribution in [0, 0.1) is 13.8 Å². The number of benzene rings is 2. The smallest absolute Gasteiger partial charge is 0.220 e. The topological polar surface area (TPSA) is 38.3 Å². The van der Waals surface area contributed by atoms with E-state index in [-0.39, 0.29) is 11.9 Å². The van der Waals surface area contributed by atoms with E-state index in [4.69, 9.17) is 4.74 Å². The number of nitrogens with one attached hydrogen (secondary N) is 1. The summed E-state index contributed by atoms with van der Waals surface area (Å²) in [6.07, 6.45) is 2.12. The lowest BCUT2D eigenvalue weighted by Gasteiger charge is -2.26. The second kappa shape index (κ2) is 6.86. The van der Waals surface area contributed by atoms with Gasteiger partial charge in [-0.3, -0.25) is 4.79 Å². The first-order valence-corrected chi connectivity index (χ1v) is 8.21. The van der Waals surface area contributed by atoms with Crippen LogP contribution in [-0.2, 0) is 11.2 Å². The highest BCUT2D eigenvalue weighted by Gasteiger charge is 2.22. The summed E-state index contributed by atoms with van der Waals surface area (Å²) in [5, 5.41) is 3.16. The Morgan fingerprint density at radius 1 is 1.22 bits per heavy atom. The molecule has 2 aromatic carbocycles. The van der Waals surface area contributed by atoms with Crippen LogP contribution in [0.15, 0.2) is 42.5 Å². The molecule has 0 aromatic heterocycles. The molecule has 3 nitrogen and oxygen atoms in total. The second-order valence-electron chi connectivity index (χ2n) is 6.23. The van der Waals surface area contributed by atoms with Crippen LogP contribution in [0.5, 0.6) is 5.75 Å². The summed E-state index contributed by atoms with van der Waals surface area (Å²) in [7, 11) is 0. The predicted octanol–water partition coefficient (Wildman–Crippen LogP) is 3.88. The molecule has 1 unspecified atom stereocenters. The SMILES string of the molecule is Cc1ccc(CCC(=O)NC2CCOc3ccccc32)c(C)c1. The van der Waals surface area contributed by atoms with Gasteiger partial charge >= 0.3 is 0 Å². The molecule has 1 heterocycles. The van der Waals surface area contributed by atoms with Crippen LogP contribution in [0.2, 0.25) is 0 Å². The third-order valence-electron chi connectivity index (χ3n) is 4.41. The number of carbonyl (C=O) groups is 1. The third kappa shape index (κ3) is 3.73. The average Bonchev–Trinajstić information content (AvgIpc) is 2.54. The van der Waals surface area contributed by atoms with E-state index in [0.717, 1.165) is 24.2 Å². The first-order chi connectivity index (χ1) is 11.1. The quantitative estimate of drug-likeness (QED) is 0.931. The summed E-state index contributed by atoms with van der Waals surface area (Å²) >= 11 is 0. The van der Waals surface area contributed by atoms with Gasteiger partial charge in [0.2, 0.25) is 5.91 Å². The van der Waals surface area contributed by atoms with Gasteiger partial charge < -0.3 is 10.1 Å². The molecular weight excluding hydrogens is 286 g/mol. The molecule has 3 rings (SSSR count). The molecule has 0 radical (unpaired) electrons. The Morgan fingerprint density at radius 3 is 2.87 bits per heavy atom. The van der Waals surface area contributed by atoms with Crippen LogP contribution >= 0.6 is 0 Å². The number of carbonyl (C=O) groups excluding carboxylic acids is 1. The van der Waals surface area contributed by atoms with Crippen molar-refractivity contribution in [3.63, 3.8) is 0 Å². The molecule has 23 heavy (non-hydrogen) atoms. The fraction of sp³-hybridized carbons (Fsp3) is 0.350. The maximum absolute atomic E-state index is 12.3. The summed E-state index contributed by atoms with van der Waals surface area (Å²) in [6.45, 7) is 4.85. The summed E-state index contributed by atoms with van der Waals surface area (Å²) in [4.78, 5) is 12.3. The highest BCUT2D eigenvalue weighted by molar-refractivity contribution is 5.77. The molecule has 1 amide bonds. The van der Waals surface area contributed by atoms with Gasteiger partial charge in [-0.2, -0.15) is 0 Å². The van der Waals surface area contributed by atoms with Gasteiger partial charge in [-0.1, -0.05) is 42.0 Å². The van der Waals surface area contributed by atoms with E-state index in [0.29, 0.717) is 13.0 Å². The van der Waals surface area contributed by atoms with Gasteiger partial charge in [0, 0.05) is 18.4 Å². The van der Waals surface area contributed by atoms with E-state index in [1.54, 1.807) is 0 Å². The number of hydrogen-bond donors (Lipinski definition) is 1. The van der Waals surface area contributed by atoms with Crippen LogP contribution in [0.1, 0.15) is 41.1 Å². The highest BCUT2D eigenvalue weighted by Crippen LogP contribution is 2.31. The molecule has 1 N–H and O–H groups in total. The fourth-order valence-corrected chi connectivity index (χ4v) is 3.13. The lowest BCUT2D eigenvalue weighted by molar-refractivity contribution is -0.122. The van der Waals surface area contributed by atoms with Crippen molar-refractivity contribution in [3.05, 3.63) is 64.7 Å². The molecule has 1 aliphatic heterocycles. The minimum atomic E-state index is 0.0616. The van der Waals surface area contributed by atoms with Gasteiger partial charge in [0.25, 0.3) is 0 Å². The standard InChI is InChI=1S/C20H23NO2/c1-14-7-8-16(15(2)13-14)9-10-20(22)21-18-11-12-23-19-6-4-3-5-17(18)19/h3-8,13,18H,9-12H2,1-2H3,(H,21,22). The van der Waals surface area contributed by atoms with Crippen LogP contribution in [-0.4, -0.2) is 12.5 Å². The zero-order chi connectivity index (χ0) is 16.2. The number of hydrogen-bond acceptors (Lipinski definition) is 2. The Balaban J connectivity index is 1.60. The molecule has 0 bridgehead atoms. The first-order valence-electron chi connectivity index (χ1n) is 8.21. The maximum atomic E-state index is 12.3. The van der Waals surface area contributed by atoms with E-state index < -0.39 is 0 Å². The van der Waals surface area contributed by atoms with E-state index in [1.807, 2.05) is 24.3 Å². The Labute approximate surface area is 137 Å². The lowest BCUT2D eigenvalue weighted by Crippen LogP contribution is -2.32. The van der Waals surface area contributed by atoms with Crippen molar-refractivity contribution in [2.45, 2.75) is 39.2 Å². The molecule has 3 heteroatoms. The Hall–Kier alpha value is -2.29. The minimum absolute atomic E-state index is 0.0616. The molecule has 0 saturated heterocycles. The average molecular weight is 309 g/mol. The van der Waals surface area contributed by atoms with Gasteiger partial charge in [-0.25, -0.2) is 0 Å². The van der Waals surface area contributed by atoms with Gasteiger partial charge in [-0.15, -0.1) is 0 Å². The summed E-state index contributed by atoms with van der Waals surface area (Å²) in [5.74, 6) is 0.991. The van der Waals surface area contributed by atoms with Gasteiger partial charge in [0.15, 0.2) is 0 Å². The third-order valence-corrected chi connectivity index (χ3v) is 4.41. The first kappa shape index (κ1) is 15.6. The Kier molecular flexibility index (Phi) is 4.65. The highest BCUT2D eigenvalue weighted by atomic mass is 16.5. The Bertz CT molecular complexity index is 709. The molecular formula is C20H23NO2. The number of fused-ring (bicyclic) bond motifs is 1. The monoisotopic (exact) mass is 309 g/mol. The van der Waals surface area contributed by atoms with Crippen LogP contribution < -0.4 is 10.1 Å². The molecule has 1 atom stereocenters. The van der Waals surface area contributed by atoms with Gasteiger partial charge in [-0.05, 0) is 37.5 Å². The molecule has 0 saturated carbocycles. The van der Waals surface area contributed by atoms with E-state index in [1.165, 1.54) is 16.7 Å². The van der Waals surface area contributed by atoms with Crippen molar-refractivity contribution in [1.82, 2.24) is 5.32 Å². The van der Waals surface area contributed by atoms with Crippen molar-refractivity contribution < 1.29 is 9.53 Å². The molecule has 1 aliphatic rings. The molecule has 0 spiro atoms. The molecule has 120 valence electrons. The van der Waals surface area contributed by atoms with Crippen molar-refractivity contribution in [2.75, 3.05) is 6.61 Å². The number of para-hydroxylation sites is 1. The van der Waals surface area contributed by atoms with Crippen LogP contribution in [0.25, 0.3) is 0 Å². The predicted molar refractivity (Wildman–Crippen MR) is 91.7 cm³/mol. The summed E-state index contributed by atoms with van der Waals surface area (Å²) in [5.41, 5.74) is 4.85. The van der Waals surface area contributed by atoms with E-state index in [2.05, 4.69) is 37.4 Å². The van der Waals surface area contributed by atoms with Crippen LogP contribution in [0.4, 0.5) is 0 Å².